The maximum Gasteiger partial charge on any atom is 0.309 e. The Balaban J connectivity index is 1.57. The predicted octanol–water partition coefficient (Wildman–Crippen LogP) is 3.37. The molecule has 2 aliphatic heterocycles. The molecule has 33 heavy (non-hydrogen) atoms. The van der Waals surface area contributed by atoms with E-state index in [1.165, 1.54) is 4.31 Å². The summed E-state index contributed by atoms with van der Waals surface area (Å²) in [5.41, 5.74) is 3.47. The standard InChI is InChI=1S/C25H38N2O5S/c1-16-11-17(2)14-26(13-16)23(28)15-32-25(29)22-7-9-27(10-8-22)33(30,31)24-20(5)18(3)12-19(4)21(24)6/h12,16-17,22H,7-11,13-15H2,1-6H3. The van der Waals surface area contributed by atoms with Crippen LogP contribution in [0.4, 0.5) is 0 Å². The Morgan fingerprint density at radius 2 is 1.48 bits per heavy atom. The molecular weight excluding hydrogens is 440 g/mol. The van der Waals surface area contributed by atoms with Gasteiger partial charge in [0.25, 0.3) is 5.91 Å². The third kappa shape index (κ3) is 5.60. The molecule has 2 aliphatic rings. The Kier molecular flexibility index (Phi) is 7.89. The number of hydrogen-bond acceptors (Lipinski definition) is 5. The van der Waals surface area contributed by atoms with Gasteiger partial charge in [0.05, 0.1) is 10.8 Å². The highest BCUT2D eigenvalue weighted by molar-refractivity contribution is 7.89. The van der Waals surface area contributed by atoms with Crippen molar-refractivity contribution in [2.24, 2.45) is 17.8 Å². The summed E-state index contributed by atoms with van der Waals surface area (Å²) in [5, 5.41) is 0. The first kappa shape index (κ1) is 25.7. The molecule has 2 fully saturated rings. The molecule has 8 heteroatoms. The summed E-state index contributed by atoms with van der Waals surface area (Å²) in [4.78, 5) is 27.2. The second-order valence-electron chi connectivity index (χ2n) is 10.1. The first-order chi connectivity index (χ1) is 15.4. The summed E-state index contributed by atoms with van der Waals surface area (Å²) in [7, 11) is -3.65. The lowest BCUT2D eigenvalue weighted by Gasteiger charge is -2.35. The Labute approximate surface area is 198 Å². The van der Waals surface area contributed by atoms with E-state index in [1.807, 2.05) is 33.8 Å². The van der Waals surface area contributed by atoms with Crippen molar-refractivity contribution in [2.45, 2.75) is 65.7 Å². The first-order valence-corrected chi connectivity index (χ1v) is 13.4. The van der Waals surface area contributed by atoms with Crippen LogP contribution in [0.1, 0.15) is 55.4 Å². The third-order valence-corrected chi connectivity index (χ3v) is 9.42. The van der Waals surface area contributed by atoms with Gasteiger partial charge in [-0.15, -0.1) is 0 Å². The van der Waals surface area contributed by atoms with Crippen molar-refractivity contribution in [1.82, 2.24) is 9.21 Å². The maximum atomic E-state index is 13.4. The summed E-state index contributed by atoms with van der Waals surface area (Å²) in [6.45, 7) is 13.5. The molecule has 0 aromatic heterocycles. The van der Waals surface area contributed by atoms with Gasteiger partial charge in [-0.3, -0.25) is 9.59 Å². The normalized spacial score (nSPS) is 22.9. The highest BCUT2D eigenvalue weighted by Crippen LogP contribution is 2.31. The Morgan fingerprint density at radius 3 is 2.00 bits per heavy atom. The summed E-state index contributed by atoms with van der Waals surface area (Å²) < 4.78 is 33.6. The van der Waals surface area contributed by atoms with Gasteiger partial charge in [-0.05, 0) is 81.0 Å². The smallest absolute Gasteiger partial charge is 0.309 e. The van der Waals surface area contributed by atoms with Crippen LogP contribution in [0, 0.1) is 45.4 Å². The van der Waals surface area contributed by atoms with Gasteiger partial charge in [-0.2, -0.15) is 4.31 Å². The van der Waals surface area contributed by atoms with Gasteiger partial charge < -0.3 is 9.64 Å². The van der Waals surface area contributed by atoms with Gasteiger partial charge in [0, 0.05) is 26.2 Å². The number of rotatable bonds is 5. The zero-order valence-corrected chi connectivity index (χ0v) is 21.6. The minimum absolute atomic E-state index is 0.150. The summed E-state index contributed by atoms with van der Waals surface area (Å²) in [5.74, 6) is -0.0435. The van der Waals surface area contributed by atoms with Crippen LogP contribution in [0.5, 0.6) is 0 Å². The van der Waals surface area contributed by atoms with Gasteiger partial charge >= 0.3 is 5.97 Å². The van der Waals surface area contributed by atoms with Crippen LogP contribution in [-0.2, 0) is 24.3 Å². The van der Waals surface area contributed by atoms with E-state index in [4.69, 9.17) is 4.74 Å². The molecular formula is C25H38N2O5S. The van der Waals surface area contributed by atoms with Crippen molar-refractivity contribution >= 4 is 21.9 Å². The number of nitrogens with zero attached hydrogens (tertiary/aromatic N) is 2. The molecule has 3 rings (SSSR count). The van der Waals surface area contributed by atoms with E-state index in [2.05, 4.69) is 13.8 Å². The molecule has 0 N–H and O–H groups in total. The predicted molar refractivity (Wildman–Crippen MR) is 127 cm³/mol. The fraction of sp³-hybridized carbons (Fsp3) is 0.680. The average molecular weight is 479 g/mol. The van der Waals surface area contributed by atoms with E-state index in [0.717, 1.165) is 28.7 Å². The zero-order chi connectivity index (χ0) is 24.5. The Bertz CT molecular complexity index is 976. The summed E-state index contributed by atoms with van der Waals surface area (Å²) in [6.07, 6.45) is 1.89. The molecule has 2 atom stereocenters. The lowest BCUT2D eigenvalue weighted by atomic mass is 9.92. The number of carbonyl (C=O) groups is 2. The van der Waals surface area contributed by atoms with Crippen LogP contribution < -0.4 is 0 Å². The second kappa shape index (κ2) is 10.1. The van der Waals surface area contributed by atoms with Crippen molar-refractivity contribution in [1.29, 1.82) is 0 Å². The van der Waals surface area contributed by atoms with Crippen LogP contribution in [0.3, 0.4) is 0 Å². The van der Waals surface area contributed by atoms with Crippen molar-refractivity contribution in [2.75, 3.05) is 32.8 Å². The highest BCUT2D eigenvalue weighted by Gasteiger charge is 2.35. The number of carbonyl (C=O) groups excluding carboxylic acids is 2. The maximum absolute atomic E-state index is 13.4. The molecule has 0 aliphatic carbocycles. The fourth-order valence-electron chi connectivity index (χ4n) is 5.24. The largest absolute Gasteiger partial charge is 0.455 e. The number of likely N-dealkylation sites (tertiary alicyclic amines) is 1. The van der Waals surface area contributed by atoms with Crippen LogP contribution in [0.2, 0.25) is 0 Å². The molecule has 2 saturated heterocycles. The third-order valence-electron chi connectivity index (χ3n) is 7.24. The van der Waals surface area contributed by atoms with Gasteiger partial charge in [0.1, 0.15) is 0 Å². The van der Waals surface area contributed by atoms with Crippen molar-refractivity contribution in [3.8, 4) is 0 Å². The van der Waals surface area contributed by atoms with E-state index < -0.39 is 16.0 Å². The molecule has 0 spiro atoms. The number of esters is 1. The molecule has 1 amide bonds. The molecule has 2 unspecified atom stereocenters. The molecule has 1 aromatic carbocycles. The number of ether oxygens (including phenoxy) is 1. The van der Waals surface area contributed by atoms with Crippen molar-refractivity contribution in [3.63, 3.8) is 0 Å². The van der Waals surface area contributed by atoms with E-state index in [1.54, 1.807) is 4.90 Å². The molecule has 7 nitrogen and oxygen atoms in total. The first-order valence-electron chi connectivity index (χ1n) is 11.9. The number of benzene rings is 1. The van der Waals surface area contributed by atoms with Gasteiger partial charge in [-0.1, -0.05) is 19.9 Å². The number of hydrogen-bond donors (Lipinski definition) is 0. The van der Waals surface area contributed by atoms with Crippen molar-refractivity contribution < 1.29 is 22.7 Å². The SMILES string of the molecule is Cc1cc(C)c(C)c(S(=O)(=O)N2CCC(C(=O)OCC(=O)N3CC(C)CC(C)C3)CC2)c1C. The van der Waals surface area contributed by atoms with E-state index in [9.17, 15) is 18.0 Å². The lowest BCUT2D eigenvalue weighted by Crippen LogP contribution is -2.45. The number of amides is 1. The molecule has 0 radical (unpaired) electrons. The lowest BCUT2D eigenvalue weighted by molar-refractivity contribution is -0.157. The second-order valence-corrected chi connectivity index (χ2v) is 12.0. The minimum atomic E-state index is -3.65. The molecule has 1 aromatic rings. The average Bonchev–Trinajstić information content (AvgIpc) is 2.75. The Morgan fingerprint density at radius 1 is 0.970 bits per heavy atom. The fourth-order valence-corrected chi connectivity index (χ4v) is 7.28. The van der Waals surface area contributed by atoms with E-state index in [0.29, 0.717) is 42.7 Å². The zero-order valence-electron chi connectivity index (χ0n) is 20.8. The molecule has 0 bridgehead atoms. The van der Waals surface area contributed by atoms with Crippen LogP contribution in [0.15, 0.2) is 11.0 Å². The quantitative estimate of drug-likeness (QED) is 0.606. The summed E-state index contributed by atoms with van der Waals surface area (Å²) in [6, 6.07) is 2.01. The monoisotopic (exact) mass is 478 g/mol. The van der Waals surface area contributed by atoms with E-state index >= 15 is 0 Å². The van der Waals surface area contributed by atoms with Gasteiger partial charge in [0.2, 0.25) is 10.0 Å². The molecule has 184 valence electrons. The topological polar surface area (TPSA) is 84.0 Å². The number of piperidine rings is 2. The van der Waals surface area contributed by atoms with Crippen LogP contribution in [0.25, 0.3) is 0 Å². The number of aryl methyl sites for hydroxylation is 2. The summed E-state index contributed by atoms with van der Waals surface area (Å²) >= 11 is 0. The van der Waals surface area contributed by atoms with Crippen LogP contribution >= 0.6 is 0 Å². The molecule has 2 heterocycles. The number of sulfonamides is 1. The molecule has 0 saturated carbocycles. The highest BCUT2D eigenvalue weighted by atomic mass is 32.2. The van der Waals surface area contributed by atoms with Gasteiger partial charge in [-0.25, -0.2) is 8.42 Å². The van der Waals surface area contributed by atoms with E-state index in [-0.39, 0.29) is 31.5 Å². The van der Waals surface area contributed by atoms with Crippen molar-refractivity contribution in [3.05, 3.63) is 28.3 Å². The Hall–Kier alpha value is -1.93. The van der Waals surface area contributed by atoms with Gasteiger partial charge in [0.15, 0.2) is 6.61 Å². The van der Waals surface area contributed by atoms with Crippen LogP contribution in [-0.4, -0.2) is 62.3 Å². The minimum Gasteiger partial charge on any atom is -0.455 e.